The summed E-state index contributed by atoms with van der Waals surface area (Å²) in [4.78, 5) is 0. The van der Waals surface area contributed by atoms with Gasteiger partial charge in [-0.15, -0.1) is 11.6 Å². The minimum absolute atomic E-state index is 0.129. The summed E-state index contributed by atoms with van der Waals surface area (Å²) in [6, 6.07) is 8.75. The van der Waals surface area contributed by atoms with E-state index in [4.69, 9.17) is 11.6 Å². The van der Waals surface area contributed by atoms with Gasteiger partial charge in [0.15, 0.2) is 0 Å². The molecule has 0 bridgehead atoms. The zero-order valence-corrected chi connectivity index (χ0v) is 13.4. The molecule has 0 aliphatic heterocycles. The number of hydrogen-bond donors (Lipinski definition) is 2. The predicted molar refractivity (Wildman–Crippen MR) is 82.8 cm³/mol. The standard InChI is InChI=1S/C14H22ClNO3S/c1-11(2)10-16-13(9-15)14(20(17,18)19)8-12-6-4-3-5-7-12/h3-7,11,13-14,16H,8-10H2,1-2H3,(H,17,18,19)/t13-,14?/m1/s1. The second-order valence-corrected chi connectivity index (χ2v) is 7.25. The van der Waals surface area contributed by atoms with Gasteiger partial charge in [-0.1, -0.05) is 44.2 Å². The average molecular weight is 320 g/mol. The smallest absolute Gasteiger partial charge is 0.269 e. The van der Waals surface area contributed by atoms with Crippen molar-refractivity contribution in [2.45, 2.75) is 31.6 Å². The fourth-order valence-corrected chi connectivity index (χ4v) is 3.41. The summed E-state index contributed by atoms with van der Waals surface area (Å²) < 4.78 is 32.8. The molecule has 2 N–H and O–H groups in total. The Balaban J connectivity index is 2.88. The highest BCUT2D eigenvalue weighted by Crippen LogP contribution is 2.15. The molecule has 6 heteroatoms. The van der Waals surface area contributed by atoms with Crippen molar-refractivity contribution in [1.29, 1.82) is 0 Å². The van der Waals surface area contributed by atoms with Crippen molar-refractivity contribution in [3.8, 4) is 0 Å². The molecule has 1 unspecified atom stereocenters. The molecule has 0 amide bonds. The summed E-state index contributed by atoms with van der Waals surface area (Å²) in [5.41, 5.74) is 0.858. The first-order valence-corrected chi connectivity index (χ1v) is 8.68. The molecular weight excluding hydrogens is 298 g/mol. The molecule has 0 aromatic heterocycles. The second kappa shape index (κ2) is 7.98. The molecule has 0 spiro atoms. The van der Waals surface area contributed by atoms with E-state index in [2.05, 4.69) is 5.32 Å². The second-order valence-electron chi connectivity index (χ2n) is 5.31. The Morgan fingerprint density at radius 1 is 1.25 bits per heavy atom. The lowest BCUT2D eigenvalue weighted by atomic mass is 10.0. The van der Waals surface area contributed by atoms with Gasteiger partial charge in [-0.05, 0) is 24.4 Å². The number of nitrogens with one attached hydrogen (secondary N) is 1. The van der Waals surface area contributed by atoms with E-state index < -0.39 is 21.4 Å². The van der Waals surface area contributed by atoms with E-state index in [9.17, 15) is 13.0 Å². The third-order valence-corrected chi connectivity index (χ3v) is 4.66. The van der Waals surface area contributed by atoms with Crippen LogP contribution in [-0.4, -0.2) is 36.7 Å². The number of hydrogen-bond acceptors (Lipinski definition) is 3. The van der Waals surface area contributed by atoms with Crippen molar-refractivity contribution in [2.24, 2.45) is 5.92 Å². The van der Waals surface area contributed by atoms with E-state index in [1.54, 1.807) is 0 Å². The van der Waals surface area contributed by atoms with Crippen molar-refractivity contribution < 1.29 is 13.0 Å². The highest BCUT2D eigenvalue weighted by Gasteiger charge is 2.31. The molecule has 2 atom stereocenters. The first-order valence-electron chi connectivity index (χ1n) is 6.64. The molecule has 0 aliphatic carbocycles. The fraction of sp³-hybridized carbons (Fsp3) is 0.571. The number of halogens is 1. The van der Waals surface area contributed by atoms with Gasteiger partial charge >= 0.3 is 0 Å². The Morgan fingerprint density at radius 2 is 1.85 bits per heavy atom. The van der Waals surface area contributed by atoms with E-state index in [0.29, 0.717) is 12.5 Å². The van der Waals surface area contributed by atoms with Gasteiger partial charge in [0.05, 0.1) is 0 Å². The Hall–Kier alpha value is -0.620. The molecule has 0 radical (unpaired) electrons. The zero-order chi connectivity index (χ0) is 15.2. The van der Waals surface area contributed by atoms with Crippen molar-refractivity contribution >= 4 is 21.7 Å². The molecule has 4 nitrogen and oxygen atoms in total. The minimum Gasteiger partial charge on any atom is -0.311 e. The van der Waals surface area contributed by atoms with Crippen LogP contribution in [0.25, 0.3) is 0 Å². The Morgan fingerprint density at radius 3 is 2.30 bits per heavy atom. The molecule has 0 saturated heterocycles. The van der Waals surface area contributed by atoms with Crippen LogP contribution in [0, 0.1) is 5.92 Å². The van der Waals surface area contributed by atoms with Gasteiger partial charge in [0, 0.05) is 11.9 Å². The van der Waals surface area contributed by atoms with Crippen LogP contribution >= 0.6 is 11.6 Å². The van der Waals surface area contributed by atoms with Crippen LogP contribution in [0.5, 0.6) is 0 Å². The summed E-state index contributed by atoms with van der Waals surface area (Å²) in [6.45, 7) is 4.70. The molecule has 114 valence electrons. The third-order valence-electron chi connectivity index (χ3n) is 3.07. The molecular formula is C14H22ClNO3S. The van der Waals surface area contributed by atoms with Gasteiger partial charge in [0.2, 0.25) is 0 Å². The molecule has 1 rings (SSSR count). The lowest BCUT2D eigenvalue weighted by Crippen LogP contribution is -2.47. The van der Waals surface area contributed by atoms with Gasteiger partial charge in [0.1, 0.15) is 5.25 Å². The SMILES string of the molecule is CC(C)CN[C@H](CCl)C(Cc1ccccc1)S(=O)(=O)O. The van der Waals surface area contributed by atoms with Gasteiger partial charge in [0.25, 0.3) is 10.1 Å². The van der Waals surface area contributed by atoms with Crippen molar-refractivity contribution in [2.75, 3.05) is 12.4 Å². The molecule has 0 heterocycles. The predicted octanol–water partition coefficient (Wildman–Crippen LogP) is 2.34. The summed E-state index contributed by atoms with van der Waals surface area (Å²) in [6.07, 6.45) is 0.238. The number of alkyl halides is 1. The lowest BCUT2D eigenvalue weighted by Gasteiger charge is -2.25. The van der Waals surface area contributed by atoms with Gasteiger partial charge in [-0.2, -0.15) is 8.42 Å². The maximum Gasteiger partial charge on any atom is 0.269 e. The molecule has 1 aromatic carbocycles. The summed E-state index contributed by atoms with van der Waals surface area (Å²) in [5.74, 6) is 0.504. The Bertz CT molecular complexity index is 490. The first kappa shape index (κ1) is 17.4. The number of benzene rings is 1. The maximum atomic E-state index is 11.6. The van der Waals surface area contributed by atoms with Crippen LogP contribution in [0.3, 0.4) is 0 Å². The minimum atomic E-state index is -4.17. The van der Waals surface area contributed by atoms with Crippen molar-refractivity contribution in [1.82, 2.24) is 5.32 Å². The maximum absolute atomic E-state index is 11.6. The van der Waals surface area contributed by atoms with Gasteiger partial charge in [-0.25, -0.2) is 0 Å². The van der Waals surface area contributed by atoms with Crippen LogP contribution < -0.4 is 5.32 Å². The van der Waals surface area contributed by atoms with E-state index in [1.807, 2.05) is 44.2 Å². The van der Waals surface area contributed by atoms with E-state index in [-0.39, 0.29) is 12.3 Å². The molecule has 0 aliphatic rings. The van der Waals surface area contributed by atoms with Crippen LogP contribution in [0.15, 0.2) is 30.3 Å². The fourth-order valence-electron chi connectivity index (χ4n) is 1.97. The molecule has 1 aromatic rings. The monoisotopic (exact) mass is 319 g/mol. The van der Waals surface area contributed by atoms with Crippen LogP contribution in [-0.2, 0) is 16.5 Å². The normalized spacial score (nSPS) is 15.2. The highest BCUT2D eigenvalue weighted by molar-refractivity contribution is 7.86. The van der Waals surface area contributed by atoms with Crippen LogP contribution in [0.1, 0.15) is 19.4 Å². The third kappa shape index (κ3) is 5.79. The Kier molecular flexibility index (Phi) is 6.95. The molecule has 0 saturated carbocycles. The van der Waals surface area contributed by atoms with Crippen LogP contribution in [0.2, 0.25) is 0 Å². The van der Waals surface area contributed by atoms with E-state index in [1.165, 1.54) is 0 Å². The summed E-state index contributed by atoms with van der Waals surface area (Å²) in [7, 11) is -4.17. The largest absolute Gasteiger partial charge is 0.311 e. The summed E-state index contributed by atoms with van der Waals surface area (Å²) in [5, 5.41) is 2.18. The topological polar surface area (TPSA) is 66.4 Å². The first-order chi connectivity index (χ1) is 9.34. The van der Waals surface area contributed by atoms with E-state index in [0.717, 1.165) is 5.56 Å². The van der Waals surface area contributed by atoms with Gasteiger partial charge < -0.3 is 5.32 Å². The highest BCUT2D eigenvalue weighted by atomic mass is 35.5. The molecule has 20 heavy (non-hydrogen) atoms. The van der Waals surface area contributed by atoms with Gasteiger partial charge in [-0.3, -0.25) is 4.55 Å². The van der Waals surface area contributed by atoms with E-state index >= 15 is 0 Å². The van der Waals surface area contributed by atoms with Crippen molar-refractivity contribution in [3.05, 3.63) is 35.9 Å². The van der Waals surface area contributed by atoms with Crippen molar-refractivity contribution in [3.63, 3.8) is 0 Å². The number of rotatable bonds is 8. The Labute approximate surface area is 126 Å². The van der Waals surface area contributed by atoms with Crippen LogP contribution in [0.4, 0.5) is 0 Å². The quantitative estimate of drug-likeness (QED) is 0.570. The summed E-state index contributed by atoms with van der Waals surface area (Å²) >= 11 is 5.88. The average Bonchev–Trinajstić information content (AvgIpc) is 2.38. The zero-order valence-electron chi connectivity index (χ0n) is 11.8. The molecule has 0 fully saturated rings. The lowest BCUT2D eigenvalue weighted by molar-refractivity contribution is 0.419.